The van der Waals surface area contributed by atoms with Crippen LogP contribution in [0.1, 0.15) is 52.7 Å². The first-order valence-corrected chi connectivity index (χ1v) is 9.44. The molecule has 2 N–H and O–H groups in total. The molecule has 4 nitrogen and oxygen atoms in total. The number of nitrogens with one attached hydrogen (secondary N) is 1. The minimum absolute atomic E-state index is 0.0967. The van der Waals surface area contributed by atoms with Crippen LogP contribution in [0.2, 0.25) is 0 Å². The zero-order chi connectivity index (χ0) is 17.8. The lowest BCUT2D eigenvalue weighted by atomic mass is 9.67. The van der Waals surface area contributed by atoms with Gasteiger partial charge in [0.2, 0.25) is 0 Å². The fourth-order valence-corrected chi connectivity index (χ4v) is 5.92. The molecule has 2 saturated carbocycles. The van der Waals surface area contributed by atoms with Crippen LogP contribution in [0, 0.1) is 17.8 Å². The largest absolute Gasteiger partial charge is 0.496 e. The number of carboxylic acids is 1. The van der Waals surface area contributed by atoms with Gasteiger partial charge in [-0.1, -0.05) is 30.3 Å². The number of hydrogen-bond acceptors (Lipinski definition) is 3. The lowest BCUT2D eigenvalue weighted by Crippen LogP contribution is -2.36. The molecule has 2 aromatic carbocycles. The van der Waals surface area contributed by atoms with Gasteiger partial charge in [0.25, 0.3) is 0 Å². The Morgan fingerprint density at radius 3 is 2.65 bits per heavy atom. The van der Waals surface area contributed by atoms with Gasteiger partial charge in [-0.15, -0.1) is 0 Å². The Kier molecular flexibility index (Phi) is 3.49. The van der Waals surface area contributed by atoms with E-state index >= 15 is 0 Å². The van der Waals surface area contributed by atoms with Crippen molar-refractivity contribution in [1.29, 1.82) is 0 Å². The van der Waals surface area contributed by atoms with Gasteiger partial charge in [-0.2, -0.15) is 0 Å². The minimum atomic E-state index is -0.866. The summed E-state index contributed by atoms with van der Waals surface area (Å²) in [5, 5.41) is 13.3. The topological polar surface area (TPSA) is 58.6 Å². The summed E-state index contributed by atoms with van der Waals surface area (Å²) in [6.45, 7) is 0. The molecule has 26 heavy (non-hydrogen) atoms. The zero-order valence-corrected chi connectivity index (χ0v) is 14.8. The number of rotatable bonds is 3. The predicted molar refractivity (Wildman–Crippen MR) is 99.8 cm³/mol. The van der Waals surface area contributed by atoms with E-state index in [2.05, 4.69) is 17.4 Å². The van der Waals surface area contributed by atoms with E-state index < -0.39 is 5.97 Å². The molecule has 1 aliphatic heterocycles. The van der Waals surface area contributed by atoms with Gasteiger partial charge in [-0.3, -0.25) is 0 Å². The van der Waals surface area contributed by atoms with Gasteiger partial charge in [0.15, 0.2) is 0 Å². The molecule has 5 rings (SSSR count). The van der Waals surface area contributed by atoms with Crippen molar-refractivity contribution in [3.63, 3.8) is 0 Å². The van der Waals surface area contributed by atoms with Crippen LogP contribution in [0.4, 0.5) is 5.69 Å². The molecule has 0 amide bonds. The fraction of sp³-hybridized carbons (Fsp3) is 0.409. The molecule has 0 unspecified atom stereocenters. The van der Waals surface area contributed by atoms with E-state index in [1.165, 1.54) is 24.8 Å². The van der Waals surface area contributed by atoms with Crippen LogP contribution in [0.15, 0.2) is 42.5 Å². The van der Waals surface area contributed by atoms with Crippen molar-refractivity contribution in [2.45, 2.75) is 31.2 Å². The van der Waals surface area contributed by atoms with E-state index in [0.29, 0.717) is 29.2 Å². The molecule has 134 valence electrons. The first-order chi connectivity index (χ1) is 12.7. The fourth-order valence-electron chi connectivity index (χ4n) is 5.92. The Bertz CT molecular complexity index is 877. The molecule has 2 aromatic rings. The van der Waals surface area contributed by atoms with Crippen LogP contribution in [-0.2, 0) is 0 Å². The molecule has 4 heteroatoms. The predicted octanol–water partition coefficient (Wildman–Crippen LogP) is 4.69. The van der Waals surface area contributed by atoms with Crippen LogP contribution < -0.4 is 10.1 Å². The van der Waals surface area contributed by atoms with E-state index in [4.69, 9.17) is 4.74 Å². The van der Waals surface area contributed by atoms with Crippen molar-refractivity contribution >= 4 is 11.7 Å². The number of ether oxygens (including phenoxy) is 1. The third-order valence-corrected chi connectivity index (χ3v) is 6.83. The molecule has 1 heterocycles. The summed E-state index contributed by atoms with van der Waals surface area (Å²) >= 11 is 0. The molecule has 2 aliphatic carbocycles. The van der Waals surface area contributed by atoms with Crippen molar-refractivity contribution in [2.75, 3.05) is 12.4 Å². The molecule has 2 fully saturated rings. The highest BCUT2D eigenvalue weighted by Crippen LogP contribution is 2.64. The number of benzene rings is 2. The van der Waals surface area contributed by atoms with Crippen molar-refractivity contribution in [3.8, 4) is 5.75 Å². The van der Waals surface area contributed by atoms with Crippen LogP contribution in [0.25, 0.3) is 0 Å². The molecular formula is C22H23NO3. The smallest absolute Gasteiger partial charge is 0.337 e. The van der Waals surface area contributed by atoms with Crippen LogP contribution >= 0.6 is 0 Å². The van der Waals surface area contributed by atoms with Crippen molar-refractivity contribution in [1.82, 2.24) is 0 Å². The van der Waals surface area contributed by atoms with E-state index in [0.717, 1.165) is 17.0 Å². The van der Waals surface area contributed by atoms with E-state index in [1.54, 1.807) is 13.2 Å². The Hall–Kier alpha value is -2.49. The average molecular weight is 349 g/mol. The quantitative estimate of drug-likeness (QED) is 0.844. The normalized spacial score (nSPS) is 31.0. The Balaban J connectivity index is 1.69. The first kappa shape index (κ1) is 15.7. The van der Waals surface area contributed by atoms with E-state index in [9.17, 15) is 9.90 Å². The zero-order valence-electron chi connectivity index (χ0n) is 14.8. The summed E-state index contributed by atoms with van der Waals surface area (Å²) in [5.74, 6) is 2.33. The highest BCUT2D eigenvalue weighted by molar-refractivity contribution is 5.95. The molecule has 5 atom stereocenters. The third kappa shape index (κ3) is 2.11. The number of methoxy groups -OCH3 is 1. The van der Waals surface area contributed by atoms with Gasteiger partial charge >= 0.3 is 5.97 Å². The van der Waals surface area contributed by atoms with Crippen molar-refractivity contribution < 1.29 is 14.6 Å². The number of aromatic carboxylic acids is 1. The second-order valence-corrected chi connectivity index (χ2v) is 7.88. The second kappa shape index (κ2) is 5.76. The number of carbonyl (C=O) groups is 1. The molecular weight excluding hydrogens is 326 g/mol. The molecule has 0 saturated heterocycles. The molecule has 3 aliphatic rings. The summed E-state index contributed by atoms with van der Waals surface area (Å²) in [6, 6.07) is 14.0. The number of para-hydroxylation sites is 2. The number of carboxylic acid groups (broad SMARTS) is 1. The summed E-state index contributed by atoms with van der Waals surface area (Å²) in [7, 11) is 1.70. The van der Waals surface area contributed by atoms with Gasteiger partial charge in [-0.05, 0) is 60.6 Å². The van der Waals surface area contributed by atoms with Gasteiger partial charge < -0.3 is 15.2 Å². The molecule has 0 spiro atoms. The number of hydrogen-bond donors (Lipinski definition) is 2. The average Bonchev–Trinajstić information content (AvgIpc) is 3.29. The summed E-state index contributed by atoms with van der Waals surface area (Å²) in [6.07, 6.45) is 3.81. The standard InChI is InChI=1S/C22H23NO3/c1-26-17-8-3-2-5-14(17)21-19-13-10-9-12(11-13)18(19)15-6-4-7-16(22(24)25)20(15)23-21/h2-8,12-13,18-19,21,23H,9-11H2,1H3,(H,24,25)/t12-,13+,18-,19-,21+/m1/s1. The maximum atomic E-state index is 11.8. The van der Waals surface area contributed by atoms with Crippen LogP contribution in [0.5, 0.6) is 5.75 Å². The third-order valence-electron chi connectivity index (χ3n) is 6.83. The van der Waals surface area contributed by atoms with E-state index in [-0.39, 0.29) is 6.04 Å². The van der Waals surface area contributed by atoms with Crippen molar-refractivity contribution in [3.05, 3.63) is 59.2 Å². The van der Waals surface area contributed by atoms with Gasteiger partial charge in [0, 0.05) is 5.56 Å². The molecule has 0 aromatic heterocycles. The number of fused-ring (bicyclic) bond motifs is 7. The maximum absolute atomic E-state index is 11.8. The Labute approximate surface area is 153 Å². The summed E-state index contributed by atoms with van der Waals surface area (Å²) in [4.78, 5) is 11.8. The van der Waals surface area contributed by atoms with E-state index in [1.807, 2.05) is 24.3 Å². The van der Waals surface area contributed by atoms with Crippen LogP contribution in [-0.4, -0.2) is 18.2 Å². The SMILES string of the molecule is COc1ccccc1[C@@H]1Nc2c(C(=O)O)cccc2[C@H]2[C@@H]3CC[C@@H](C3)[C@H]21. The Morgan fingerprint density at radius 2 is 1.85 bits per heavy atom. The highest BCUT2D eigenvalue weighted by atomic mass is 16.5. The highest BCUT2D eigenvalue weighted by Gasteiger charge is 2.54. The van der Waals surface area contributed by atoms with Crippen LogP contribution in [0.3, 0.4) is 0 Å². The second-order valence-electron chi connectivity index (χ2n) is 7.88. The van der Waals surface area contributed by atoms with Gasteiger partial charge in [0.05, 0.1) is 24.4 Å². The maximum Gasteiger partial charge on any atom is 0.337 e. The van der Waals surface area contributed by atoms with Gasteiger partial charge in [-0.25, -0.2) is 4.79 Å². The monoisotopic (exact) mass is 349 g/mol. The molecule has 2 bridgehead atoms. The lowest BCUT2D eigenvalue weighted by Gasteiger charge is -2.44. The molecule has 0 radical (unpaired) electrons. The lowest BCUT2D eigenvalue weighted by molar-refractivity contribution is 0.0697. The first-order valence-electron chi connectivity index (χ1n) is 9.44. The summed E-state index contributed by atoms with van der Waals surface area (Å²) in [5.41, 5.74) is 3.53. The van der Waals surface area contributed by atoms with Crippen molar-refractivity contribution in [2.24, 2.45) is 17.8 Å². The van der Waals surface area contributed by atoms with Gasteiger partial charge in [0.1, 0.15) is 5.75 Å². The Morgan fingerprint density at radius 1 is 1.08 bits per heavy atom. The number of anilines is 1. The summed E-state index contributed by atoms with van der Waals surface area (Å²) < 4.78 is 5.64. The minimum Gasteiger partial charge on any atom is -0.496 e.